The summed E-state index contributed by atoms with van der Waals surface area (Å²) in [7, 11) is 1.37. The smallest absolute Gasteiger partial charge is 0.328 e. The van der Waals surface area contributed by atoms with Crippen LogP contribution < -0.4 is 0 Å². The molecule has 25 heavy (non-hydrogen) atoms. The van der Waals surface area contributed by atoms with Gasteiger partial charge in [0.25, 0.3) is 5.78 Å². The number of likely N-dealkylation sites (tertiary alicyclic amines) is 1. The molecule has 0 aromatic carbocycles. The zero-order valence-electron chi connectivity index (χ0n) is 14.9. The first-order valence-electron chi connectivity index (χ1n) is 8.56. The van der Waals surface area contributed by atoms with E-state index in [1.54, 1.807) is 9.42 Å². The fraction of sp³-hybridized carbons (Fsp3) is 0.588. The summed E-state index contributed by atoms with van der Waals surface area (Å²) in [6.45, 7) is 4.48. The standard InChI is InChI=1S/C17H23N5O3/c1-11-13(12(2)22-17(20-11)18-10-19-22)7-8-15(23)21-9-5-4-6-14(21)16(24)25-3/h10,14H,4-9H2,1-3H3. The van der Waals surface area contributed by atoms with Gasteiger partial charge in [0.15, 0.2) is 0 Å². The van der Waals surface area contributed by atoms with Crippen LogP contribution in [-0.4, -0.2) is 56.1 Å². The van der Waals surface area contributed by atoms with Crippen molar-refractivity contribution in [2.24, 2.45) is 0 Å². The minimum absolute atomic E-state index is 0.0208. The summed E-state index contributed by atoms with van der Waals surface area (Å²) in [4.78, 5) is 34.8. The molecule has 0 N–H and O–H groups in total. The SMILES string of the molecule is COC(=O)C1CCCCN1C(=O)CCc1c(C)nc2ncnn2c1C. The molecule has 3 heterocycles. The van der Waals surface area contributed by atoms with Crippen LogP contribution in [-0.2, 0) is 20.7 Å². The van der Waals surface area contributed by atoms with Crippen LogP contribution in [0.15, 0.2) is 6.33 Å². The number of carbonyl (C=O) groups is 2. The van der Waals surface area contributed by atoms with Crippen molar-refractivity contribution < 1.29 is 14.3 Å². The van der Waals surface area contributed by atoms with Gasteiger partial charge in [-0.2, -0.15) is 10.1 Å². The molecule has 8 nitrogen and oxygen atoms in total. The second-order valence-corrected chi connectivity index (χ2v) is 6.35. The quantitative estimate of drug-likeness (QED) is 0.774. The molecule has 1 atom stereocenters. The largest absolute Gasteiger partial charge is 0.467 e. The first-order chi connectivity index (χ1) is 12.0. The highest BCUT2D eigenvalue weighted by Gasteiger charge is 2.32. The van der Waals surface area contributed by atoms with E-state index < -0.39 is 6.04 Å². The molecule has 1 amide bonds. The van der Waals surface area contributed by atoms with E-state index in [1.165, 1.54) is 13.4 Å². The number of rotatable bonds is 4. The number of aromatic nitrogens is 4. The first kappa shape index (κ1) is 17.3. The summed E-state index contributed by atoms with van der Waals surface area (Å²) < 4.78 is 6.53. The van der Waals surface area contributed by atoms with E-state index in [1.807, 2.05) is 13.8 Å². The molecule has 0 saturated carbocycles. The third-order valence-electron chi connectivity index (χ3n) is 4.87. The zero-order chi connectivity index (χ0) is 18.0. The molecule has 0 aliphatic carbocycles. The van der Waals surface area contributed by atoms with Crippen molar-refractivity contribution in [3.8, 4) is 0 Å². The molecule has 1 aliphatic rings. The lowest BCUT2D eigenvalue weighted by molar-refractivity contribution is -0.154. The highest BCUT2D eigenvalue weighted by Crippen LogP contribution is 2.21. The Morgan fingerprint density at radius 3 is 2.88 bits per heavy atom. The van der Waals surface area contributed by atoms with Gasteiger partial charge < -0.3 is 9.64 Å². The summed E-state index contributed by atoms with van der Waals surface area (Å²) in [6.07, 6.45) is 4.89. The first-order valence-corrected chi connectivity index (χ1v) is 8.56. The highest BCUT2D eigenvalue weighted by molar-refractivity contribution is 5.84. The number of fused-ring (bicyclic) bond motifs is 1. The van der Waals surface area contributed by atoms with Crippen molar-refractivity contribution in [2.45, 2.75) is 52.0 Å². The van der Waals surface area contributed by atoms with Gasteiger partial charge in [0, 0.05) is 24.4 Å². The Bertz CT molecular complexity index is 801. The third kappa shape index (κ3) is 3.33. The van der Waals surface area contributed by atoms with Crippen LogP contribution in [0.3, 0.4) is 0 Å². The number of esters is 1. The van der Waals surface area contributed by atoms with Gasteiger partial charge in [-0.15, -0.1) is 0 Å². The van der Waals surface area contributed by atoms with E-state index in [9.17, 15) is 9.59 Å². The van der Waals surface area contributed by atoms with E-state index in [0.717, 1.165) is 29.8 Å². The van der Waals surface area contributed by atoms with Gasteiger partial charge >= 0.3 is 5.97 Å². The Labute approximate surface area is 146 Å². The molecular weight excluding hydrogens is 322 g/mol. The Hall–Kier alpha value is -2.51. The van der Waals surface area contributed by atoms with E-state index >= 15 is 0 Å². The molecule has 3 rings (SSSR count). The maximum atomic E-state index is 12.7. The van der Waals surface area contributed by atoms with Gasteiger partial charge in [0.1, 0.15) is 12.4 Å². The molecule has 2 aromatic rings. The monoisotopic (exact) mass is 345 g/mol. The van der Waals surface area contributed by atoms with E-state index in [0.29, 0.717) is 31.6 Å². The lowest BCUT2D eigenvalue weighted by Crippen LogP contribution is -2.48. The molecule has 134 valence electrons. The van der Waals surface area contributed by atoms with Crippen LogP contribution in [0.2, 0.25) is 0 Å². The Morgan fingerprint density at radius 2 is 2.12 bits per heavy atom. The van der Waals surface area contributed by atoms with Crippen molar-refractivity contribution in [1.82, 2.24) is 24.5 Å². The average Bonchev–Trinajstić information content (AvgIpc) is 3.09. The fourth-order valence-electron chi connectivity index (χ4n) is 3.50. The van der Waals surface area contributed by atoms with Crippen LogP contribution in [0.25, 0.3) is 5.78 Å². The number of nitrogens with zero attached hydrogens (tertiary/aromatic N) is 5. The summed E-state index contributed by atoms with van der Waals surface area (Å²) in [6, 6.07) is -0.454. The predicted molar refractivity (Wildman–Crippen MR) is 89.9 cm³/mol. The number of hydrogen-bond donors (Lipinski definition) is 0. The maximum Gasteiger partial charge on any atom is 0.328 e. The summed E-state index contributed by atoms with van der Waals surface area (Å²) in [5.41, 5.74) is 2.79. The van der Waals surface area contributed by atoms with Gasteiger partial charge in [0.05, 0.1) is 7.11 Å². The molecular formula is C17H23N5O3. The zero-order valence-corrected chi connectivity index (χ0v) is 14.9. The summed E-state index contributed by atoms with van der Waals surface area (Å²) in [5.74, 6) is 0.213. The topological polar surface area (TPSA) is 89.7 Å². The van der Waals surface area contributed by atoms with E-state index in [4.69, 9.17) is 4.74 Å². The third-order valence-corrected chi connectivity index (χ3v) is 4.87. The van der Waals surface area contributed by atoms with E-state index in [2.05, 4.69) is 15.1 Å². The normalized spacial score (nSPS) is 17.7. The molecule has 1 fully saturated rings. The fourth-order valence-corrected chi connectivity index (χ4v) is 3.50. The number of methoxy groups -OCH3 is 1. The van der Waals surface area contributed by atoms with Gasteiger partial charge in [-0.25, -0.2) is 14.3 Å². The maximum absolute atomic E-state index is 12.7. The molecule has 0 radical (unpaired) electrons. The van der Waals surface area contributed by atoms with E-state index in [-0.39, 0.29) is 11.9 Å². The predicted octanol–water partition coefficient (Wildman–Crippen LogP) is 1.23. The van der Waals surface area contributed by atoms with Crippen molar-refractivity contribution >= 4 is 17.7 Å². The van der Waals surface area contributed by atoms with Crippen molar-refractivity contribution in [1.29, 1.82) is 0 Å². The Morgan fingerprint density at radius 1 is 1.32 bits per heavy atom. The van der Waals surface area contributed by atoms with Crippen molar-refractivity contribution in [3.05, 3.63) is 23.3 Å². The lowest BCUT2D eigenvalue weighted by atomic mass is 10.00. The number of ether oxygens (including phenoxy) is 1. The van der Waals surface area contributed by atoms with Crippen LogP contribution >= 0.6 is 0 Å². The number of piperidine rings is 1. The number of carbonyl (C=O) groups excluding carboxylic acids is 2. The number of aryl methyl sites for hydroxylation is 2. The molecule has 8 heteroatoms. The number of hydrogen-bond acceptors (Lipinski definition) is 6. The van der Waals surface area contributed by atoms with Crippen LogP contribution in [0, 0.1) is 13.8 Å². The van der Waals surface area contributed by atoms with Gasteiger partial charge in [0.2, 0.25) is 5.91 Å². The van der Waals surface area contributed by atoms with Gasteiger partial charge in [-0.1, -0.05) is 0 Å². The second kappa shape index (κ2) is 7.16. The Kier molecular flexibility index (Phi) is 4.96. The lowest BCUT2D eigenvalue weighted by Gasteiger charge is -2.33. The Balaban J connectivity index is 1.74. The average molecular weight is 345 g/mol. The highest BCUT2D eigenvalue weighted by atomic mass is 16.5. The van der Waals surface area contributed by atoms with Gasteiger partial charge in [-0.05, 0) is 45.1 Å². The van der Waals surface area contributed by atoms with Crippen LogP contribution in [0.5, 0.6) is 0 Å². The summed E-state index contributed by atoms with van der Waals surface area (Å²) in [5, 5.41) is 4.17. The minimum atomic E-state index is -0.454. The van der Waals surface area contributed by atoms with Crippen molar-refractivity contribution in [3.63, 3.8) is 0 Å². The molecule has 1 aliphatic heterocycles. The summed E-state index contributed by atoms with van der Waals surface area (Å²) >= 11 is 0. The molecule has 0 bridgehead atoms. The van der Waals surface area contributed by atoms with Crippen LogP contribution in [0.4, 0.5) is 0 Å². The minimum Gasteiger partial charge on any atom is -0.467 e. The molecule has 0 spiro atoms. The molecule has 2 aromatic heterocycles. The second-order valence-electron chi connectivity index (χ2n) is 6.35. The number of amides is 1. The van der Waals surface area contributed by atoms with Crippen molar-refractivity contribution in [2.75, 3.05) is 13.7 Å². The molecule has 1 saturated heterocycles. The molecule has 1 unspecified atom stereocenters. The van der Waals surface area contributed by atoms with Gasteiger partial charge in [-0.3, -0.25) is 4.79 Å². The van der Waals surface area contributed by atoms with Crippen LogP contribution in [0.1, 0.15) is 42.6 Å².